The number of halogens is 1. The Bertz CT molecular complexity index is 1210. The van der Waals surface area contributed by atoms with Gasteiger partial charge in [-0.3, -0.25) is 4.79 Å². The topological polar surface area (TPSA) is 57.7 Å². The van der Waals surface area contributed by atoms with Crippen molar-refractivity contribution in [3.05, 3.63) is 94.0 Å². The summed E-state index contributed by atoms with van der Waals surface area (Å²) in [5.41, 5.74) is 3.95. The summed E-state index contributed by atoms with van der Waals surface area (Å²) in [4.78, 5) is 15.2. The molecule has 3 aromatic carbocycles. The van der Waals surface area contributed by atoms with E-state index in [2.05, 4.69) is 15.9 Å². The molecule has 1 aliphatic heterocycles. The molecule has 3 aromatic rings. The molecule has 1 heterocycles. The first-order chi connectivity index (χ1) is 15.3. The zero-order valence-electron chi connectivity index (χ0n) is 17.9. The van der Waals surface area contributed by atoms with Gasteiger partial charge in [-0.05, 0) is 61.2 Å². The van der Waals surface area contributed by atoms with Gasteiger partial charge in [0.1, 0.15) is 0 Å². The lowest BCUT2D eigenvalue weighted by atomic mass is 10.1. The number of anilines is 1. The fourth-order valence-electron chi connectivity index (χ4n) is 3.91. The Morgan fingerprint density at radius 1 is 1.03 bits per heavy atom. The summed E-state index contributed by atoms with van der Waals surface area (Å²) < 4.78 is 29.2. The highest BCUT2D eigenvalue weighted by Crippen LogP contribution is 2.31. The monoisotopic (exact) mass is 512 g/mol. The molecule has 0 bridgehead atoms. The zero-order valence-corrected chi connectivity index (χ0v) is 20.3. The van der Waals surface area contributed by atoms with Gasteiger partial charge < -0.3 is 4.90 Å². The van der Waals surface area contributed by atoms with Gasteiger partial charge in [-0.2, -0.15) is 4.31 Å². The highest BCUT2D eigenvalue weighted by atomic mass is 79.9. The number of amides is 1. The third kappa shape index (κ3) is 4.95. The van der Waals surface area contributed by atoms with Crippen LogP contribution in [0.2, 0.25) is 0 Å². The van der Waals surface area contributed by atoms with Crippen molar-refractivity contribution in [1.29, 1.82) is 0 Å². The predicted molar refractivity (Wildman–Crippen MR) is 130 cm³/mol. The van der Waals surface area contributed by atoms with Crippen LogP contribution in [0.25, 0.3) is 0 Å². The van der Waals surface area contributed by atoms with Gasteiger partial charge in [0.25, 0.3) is 0 Å². The van der Waals surface area contributed by atoms with E-state index in [0.717, 1.165) is 33.3 Å². The number of carbonyl (C=O) groups excluding carboxylic acids is 1. The third-order valence-corrected chi connectivity index (χ3v) is 8.05. The number of nitrogens with zero attached hydrogens (tertiary/aromatic N) is 2. The maximum atomic E-state index is 13.5. The molecule has 7 heteroatoms. The molecule has 32 heavy (non-hydrogen) atoms. The number of fused-ring (bicyclic) bond motifs is 1. The van der Waals surface area contributed by atoms with E-state index in [1.54, 1.807) is 29.2 Å². The average molecular weight is 513 g/mol. The standard InChI is InChI=1S/C25H25BrN2O3S/c1-19-7-10-23(11-8-19)32(30,31)27(15-13-20-5-3-2-4-6-20)18-25(29)28-16-14-21-17-22(26)9-12-24(21)28/h2-12,17H,13-16,18H2,1H3. The van der Waals surface area contributed by atoms with Crippen LogP contribution in [0.15, 0.2) is 82.2 Å². The van der Waals surface area contributed by atoms with Gasteiger partial charge in [0, 0.05) is 23.2 Å². The highest BCUT2D eigenvalue weighted by molar-refractivity contribution is 9.10. The molecule has 0 saturated carbocycles. The molecule has 0 unspecified atom stereocenters. The maximum Gasteiger partial charge on any atom is 0.243 e. The van der Waals surface area contributed by atoms with E-state index in [4.69, 9.17) is 0 Å². The zero-order chi connectivity index (χ0) is 22.7. The van der Waals surface area contributed by atoms with Crippen LogP contribution < -0.4 is 4.90 Å². The van der Waals surface area contributed by atoms with E-state index in [0.29, 0.717) is 13.0 Å². The van der Waals surface area contributed by atoms with Crippen LogP contribution in [-0.4, -0.2) is 38.3 Å². The second-order valence-electron chi connectivity index (χ2n) is 7.96. The van der Waals surface area contributed by atoms with Crippen molar-refractivity contribution in [2.24, 2.45) is 0 Å². The fourth-order valence-corrected chi connectivity index (χ4v) is 5.71. The van der Waals surface area contributed by atoms with Gasteiger partial charge in [0.2, 0.25) is 15.9 Å². The predicted octanol–water partition coefficient (Wildman–Crippen LogP) is 4.58. The molecule has 0 fully saturated rings. The first kappa shape index (κ1) is 22.7. The highest BCUT2D eigenvalue weighted by Gasteiger charge is 2.31. The number of hydrogen-bond acceptors (Lipinski definition) is 3. The molecular weight excluding hydrogens is 488 g/mol. The molecular formula is C25H25BrN2O3S. The Balaban J connectivity index is 1.59. The summed E-state index contributed by atoms with van der Waals surface area (Å²) in [5.74, 6) is -0.213. The minimum Gasteiger partial charge on any atom is -0.311 e. The van der Waals surface area contributed by atoms with Crippen LogP contribution in [0.5, 0.6) is 0 Å². The Morgan fingerprint density at radius 3 is 2.47 bits per heavy atom. The molecule has 0 aliphatic carbocycles. The number of carbonyl (C=O) groups is 1. The third-order valence-electron chi connectivity index (χ3n) is 5.70. The van der Waals surface area contributed by atoms with Gasteiger partial charge in [-0.25, -0.2) is 8.42 Å². The van der Waals surface area contributed by atoms with Crippen LogP contribution in [0, 0.1) is 6.92 Å². The summed E-state index contributed by atoms with van der Waals surface area (Å²) in [5, 5.41) is 0. The second-order valence-corrected chi connectivity index (χ2v) is 10.8. The normalized spacial score (nSPS) is 13.4. The summed E-state index contributed by atoms with van der Waals surface area (Å²) in [6.07, 6.45) is 1.29. The lowest BCUT2D eigenvalue weighted by Gasteiger charge is -2.25. The van der Waals surface area contributed by atoms with Crippen LogP contribution in [0.3, 0.4) is 0 Å². The van der Waals surface area contributed by atoms with Gasteiger partial charge in [0.05, 0.1) is 11.4 Å². The SMILES string of the molecule is Cc1ccc(S(=O)(=O)N(CCc2ccccc2)CC(=O)N2CCc3cc(Br)ccc32)cc1. The molecule has 1 aliphatic rings. The largest absolute Gasteiger partial charge is 0.311 e. The first-order valence-electron chi connectivity index (χ1n) is 10.5. The van der Waals surface area contributed by atoms with Crippen LogP contribution in [0.4, 0.5) is 5.69 Å². The molecule has 0 aromatic heterocycles. The first-order valence-corrected chi connectivity index (χ1v) is 12.8. The number of benzene rings is 3. The Kier molecular flexibility index (Phi) is 6.79. The Morgan fingerprint density at radius 2 is 1.75 bits per heavy atom. The molecule has 166 valence electrons. The van der Waals surface area contributed by atoms with Gasteiger partial charge >= 0.3 is 0 Å². The fraction of sp³-hybridized carbons (Fsp3) is 0.240. The van der Waals surface area contributed by atoms with Crippen molar-refractivity contribution in [2.75, 3.05) is 24.5 Å². The average Bonchev–Trinajstić information content (AvgIpc) is 3.20. The number of rotatable bonds is 7. The van der Waals surface area contributed by atoms with Crippen molar-refractivity contribution < 1.29 is 13.2 Å². The Labute approximate surface area is 197 Å². The van der Waals surface area contributed by atoms with E-state index in [1.165, 1.54) is 4.31 Å². The molecule has 0 spiro atoms. The molecule has 0 saturated heterocycles. The molecule has 4 rings (SSSR count). The van der Waals surface area contributed by atoms with Crippen LogP contribution in [0.1, 0.15) is 16.7 Å². The van der Waals surface area contributed by atoms with E-state index in [9.17, 15) is 13.2 Å². The van der Waals surface area contributed by atoms with E-state index in [-0.39, 0.29) is 23.9 Å². The summed E-state index contributed by atoms with van der Waals surface area (Å²) in [6, 6.07) is 22.3. The summed E-state index contributed by atoms with van der Waals surface area (Å²) in [6.45, 7) is 2.50. The Hall–Kier alpha value is -2.48. The van der Waals surface area contributed by atoms with Crippen molar-refractivity contribution in [1.82, 2.24) is 4.31 Å². The van der Waals surface area contributed by atoms with Crippen molar-refractivity contribution in [2.45, 2.75) is 24.7 Å². The summed E-state index contributed by atoms with van der Waals surface area (Å²) in [7, 11) is -3.82. The van der Waals surface area contributed by atoms with E-state index >= 15 is 0 Å². The van der Waals surface area contributed by atoms with Crippen molar-refractivity contribution in [3.63, 3.8) is 0 Å². The number of hydrogen-bond donors (Lipinski definition) is 0. The molecule has 5 nitrogen and oxygen atoms in total. The quantitative estimate of drug-likeness (QED) is 0.465. The minimum absolute atomic E-state index is 0.196. The van der Waals surface area contributed by atoms with Crippen LogP contribution in [-0.2, 0) is 27.7 Å². The minimum atomic E-state index is -3.82. The number of aryl methyl sites for hydroxylation is 1. The van der Waals surface area contributed by atoms with E-state index < -0.39 is 10.0 Å². The lowest BCUT2D eigenvalue weighted by molar-refractivity contribution is -0.118. The van der Waals surface area contributed by atoms with Gasteiger partial charge in [0.15, 0.2) is 0 Å². The summed E-state index contributed by atoms with van der Waals surface area (Å²) >= 11 is 3.47. The van der Waals surface area contributed by atoms with Crippen LogP contribution >= 0.6 is 15.9 Å². The second kappa shape index (κ2) is 9.57. The van der Waals surface area contributed by atoms with Gasteiger partial charge in [-0.1, -0.05) is 64.0 Å². The molecule has 0 N–H and O–H groups in total. The molecule has 0 radical (unpaired) electrons. The molecule has 1 amide bonds. The smallest absolute Gasteiger partial charge is 0.243 e. The molecule has 0 atom stereocenters. The number of sulfonamides is 1. The van der Waals surface area contributed by atoms with Crippen molar-refractivity contribution in [3.8, 4) is 0 Å². The maximum absolute atomic E-state index is 13.5. The van der Waals surface area contributed by atoms with Crippen molar-refractivity contribution >= 4 is 37.5 Å². The van der Waals surface area contributed by atoms with E-state index in [1.807, 2.05) is 55.5 Å². The lowest BCUT2D eigenvalue weighted by Crippen LogP contribution is -2.43. The van der Waals surface area contributed by atoms with Gasteiger partial charge in [-0.15, -0.1) is 0 Å².